The molecule has 2 N–H and O–H groups in total. The molecule has 0 unspecified atom stereocenters. The Kier molecular flexibility index (Phi) is 8.32. The number of carboxylic acids is 2. The van der Waals surface area contributed by atoms with Crippen LogP contribution in [0.4, 0.5) is 0 Å². The van der Waals surface area contributed by atoms with Crippen LogP contribution in [0, 0.1) is 11.3 Å². The molecule has 0 aromatic rings. The average molecular weight is 183 g/mol. The van der Waals surface area contributed by atoms with Gasteiger partial charge in [0.1, 0.15) is 11.6 Å². The predicted octanol–water partition coefficient (Wildman–Crippen LogP) is 0.798. The number of rotatable bonds is 2. The molecule has 0 atom stereocenters. The number of allylic oxidation sites excluding steroid dienone is 1. The molecule has 0 rings (SSSR count). The maximum absolute atomic E-state index is 9.61. The molecular formula is C8H9NO4. The molecule has 70 valence electrons. The topological polar surface area (TPSA) is 98.4 Å². The van der Waals surface area contributed by atoms with Crippen molar-refractivity contribution in [3.63, 3.8) is 0 Å². The standard InChI is InChI=1S/C4H3NO2.C4H6O2/c1-3(2-5)4(6)7;1-2-3-4(5)6/h1H2,(H,6,7);2-3H,1H3,(H,5,6)/b;3-2+. The Balaban J connectivity index is 0. The lowest BCUT2D eigenvalue weighted by atomic mass is 10.4. The zero-order valence-electron chi connectivity index (χ0n) is 7.02. The summed E-state index contributed by atoms with van der Waals surface area (Å²) in [5.41, 5.74) is -0.431. The summed E-state index contributed by atoms with van der Waals surface area (Å²) in [5, 5.41) is 23.5. The van der Waals surface area contributed by atoms with Gasteiger partial charge in [0, 0.05) is 6.08 Å². The molecular weight excluding hydrogens is 174 g/mol. The first-order valence-electron chi connectivity index (χ1n) is 3.13. The molecule has 0 radical (unpaired) electrons. The van der Waals surface area contributed by atoms with Gasteiger partial charge in [0.15, 0.2) is 0 Å². The van der Waals surface area contributed by atoms with E-state index in [9.17, 15) is 9.59 Å². The van der Waals surface area contributed by atoms with Crippen LogP contribution >= 0.6 is 0 Å². The molecule has 0 spiro atoms. The Morgan fingerprint density at radius 3 is 1.92 bits per heavy atom. The van der Waals surface area contributed by atoms with E-state index >= 15 is 0 Å². The van der Waals surface area contributed by atoms with Gasteiger partial charge >= 0.3 is 11.9 Å². The molecule has 13 heavy (non-hydrogen) atoms. The molecule has 0 aliphatic rings. The molecule has 0 aromatic carbocycles. The first kappa shape index (κ1) is 13.5. The van der Waals surface area contributed by atoms with Gasteiger partial charge in [-0.2, -0.15) is 5.26 Å². The fourth-order valence-corrected chi connectivity index (χ4v) is 0.190. The normalized spacial score (nSPS) is 8.00. The quantitative estimate of drug-likeness (QED) is 0.487. The lowest BCUT2D eigenvalue weighted by molar-refractivity contribution is -0.132. The van der Waals surface area contributed by atoms with Gasteiger partial charge in [-0.25, -0.2) is 9.59 Å². The highest BCUT2D eigenvalue weighted by atomic mass is 16.4. The van der Waals surface area contributed by atoms with E-state index in [4.69, 9.17) is 15.5 Å². The Labute approximate surface area is 75.2 Å². The number of nitriles is 1. The van der Waals surface area contributed by atoms with Crippen molar-refractivity contribution in [2.45, 2.75) is 6.92 Å². The number of aliphatic carboxylic acids is 2. The Morgan fingerprint density at radius 1 is 1.46 bits per heavy atom. The van der Waals surface area contributed by atoms with Crippen LogP contribution in [-0.4, -0.2) is 22.2 Å². The number of hydrogen-bond acceptors (Lipinski definition) is 3. The number of carboxylic acid groups (broad SMARTS) is 2. The van der Waals surface area contributed by atoms with Crippen molar-refractivity contribution in [2.24, 2.45) is 0 Å². The van der Waals surface area contributed by atoms with Crippen molar-refractivity contribution in [1.29, 1.82) is 5.26 Å². The molecule has 0 aromatic heterocycles. The minimum atomic E-state index is -1.26. The maximum atomic E-state index is 9.61. The Morgan fingerprint density at radius 2 is 1.92 bits per heavy atom. The van der Waals surface area contributed by atoms with Crippen LogP contribution in [0.15, 0.2) is 24.3 Å². The van der Waals surface area contributed by atoms with E-state index in [0.717, 1.165) is 6.08 Å². The summed E-state index contributed by atoms with van der Waals surface area (Å²) in [7, 11) is 0. The van der Waals surface area contributed by atoms with Gasteiger partial charge in [-0.3, -0.25) is 0 Å². The van der Waals surface area contributed by atoms with E-state index in [1.54, 1.807) is 6.92 Å². The summed E-state index contributed by atoms with van der Waals surface area (Å²) in [6.45, 7) is 4.57. The summed E-state index contributed by atoms with van der Waals surface area (Å²) in [6, 6.07) is 1.37. The molecule has 0 aliphatic heterocycles. The van der Waals surface area contributed by atoms with Crippen molar-refractivity contribution >= 4 is 11.9 Å². The first-order valence-corrected chi connectivity index (χ1v) is 3.13. The van der Waals surface area contributed by atoms with Crippen LogP contribution in [0.25, 0.3) is 0 Å². The number of nitrogens with zero attached hydrogens (tertiary/aromatic N) is 1. The van der Waals surface area contributed by atoms with E-state index in [1.165, 1.54) is 12.1 Å². The lowest BCUT2D eigenvalue weighted by Crippen LogP contribution is -1.94. The van der Waals surface area contributed by atoms with E-state index in [-0.39, 0.29) is 0 Å². The first-order chi connectivity index (χ1) is 5.95. The van der Waals surface area contributed by atoms with Gasteiger partial charge in [-0.15, -0.1) is 0 Å². The van der Waals surface area contributed by atoms with Gasteiger partial charge < -0.3 is 10.2 Å². The molecule has 5 nitrogen and oxygen atoms in total. The molecule has 0 aliphatic carbocycles. The number of carbonyl (C=O) groups is 2. The molecule has 5 heteroatoms. The van der Waals surface area contributed by atoms with E-state index < -0.39 is 17.5 Å². The third kappa shape index (κ3) is 13.0. The highest BCUT2D eigenvalue weighted by Gasteiger charge is 1.97. The van der Waals surface area contributed by atoms with Gasteiger partial charge in [-0.1, -0.05) is 12.7 Å². The molecule has 0 saturated carbocycles. The Bertz CT molecular complexity index is 272. The van der Waals surface area contributed by atoms with E-state index in [1.807, 2.05) is 0 Å². The summed E-state index contributed by atoms with van der Waals surface area (Å²) in [6.07, 6.45) is 2.56. The third-order valence-corrected chi connectivity index (χ3v) is 0.702. The predicted molar refractivity (Wildman–Crippen MR) is 44.8 cm³/mol. The largest absolute Gasteiger partial charge is 0.478 e. The third-order valence-electron chi connectivity index (χ3n) is 0.702. The molecule has 0 heterocycles. The van der Waals surface area contributed by atoms with Crippen molar-refractivity contribution in [2.75, 3.05) is 0 Å². The monoisotopic (exact) mass is 183 g/mol. The zero-order chi connectivity index (χ0) is 10.9. The van der Waals surface area contributed by atoms with Crippen molar-refractivity contribution in [3.8, 4) is 6.07 Å². The van der Waals surface area contributed by atoms with Crippen LogP contribution in [-0.2, 0) is 9.59 Å². The van der Waals surface area contributed by atoms with Gasteiger partial charge in [0.25, 0.3) is 0 Å². The van der Waals surface area contributed by atoms with Crippen LogP contribution < -0.4 is 0 Å². The van der Waals surface area contributed by atoms with Crippen LogP contribution in [0.5, 0.6) is 0 Å². The van der Waals surface area contributed by atoms with Crippen molar-refractivity contribution in [3.05, 3.63) is 24.3 Å². The Hall–Kier alpha value is -2.09. The van der Waals surface area contributed by atoms with Crippen LogP contribution in [0.3, 0.4) is 0 Å². The second-order valence-electron chi connectivity index (χ2n) is 1.73. The van der Waals surface area contributed by atoms with Crippen molar-refractivity contribution < 1.29 is 19.8 Å². The second kappa shape index (κ2) is 8.01. The van der Waals surface area contributed by atoms with E-state index in [0.29, 0.717) is 0 Å². The fourth-order valence-electron chi connectivity index (χ4n) is 0.190. The molecule has 0 saturated heterocycles. The summed E-state index contributed by atoms with van der Waals surface area (Å²) < 4.78 is 0. The smallest absolute Gasteiger partial charge is 0.345 e. The SMILES string of the molecule is C/C=C/C(=O)O.C=C(C#N)C(=O)O. The van der Waals surface area contributed by atoms with Gasteiger partial charge in [-0.05, 0) is 6.92 Å². The van der Waals surface area contributed by atoms with Crippen LogP contribution in [0.2, 0.25) is 0 Å². The van der Waals surface area contributed by atoms with Crippen LogP contribution in [0.1, 0.15) is 6.92 Å². The summed E-state index contributed by atoms with van der Waals surface area (Å²) in [5.74, 6) is -2.15. The fraction of sp³-hybridized carbons (Fsp3) is 0.125. The highest BCUT2D eigenvalue weighted by Crippen LogP contribution is 1.81. The van der Waals surface area contributed by atoms with E-state index in [2.05, 4.69) is 6.58 Å². The molecule has 0 fully saturated rings. The average Bonchev–Trinajstić information content (AvgIpc) is 2.03. The summed E-state index contributed by atoms with van der Waals surface area (Å²) in [4.78, 5) is 19.1. The number of hydrogen-bond donors (Lipinski definition) is 2. The van der Waals surface area contributed by atoms with Gasteiger partial charge in [0.05, 0.1) is 0 Å². The van der Waals surface area contributed by atoms with Gasteiger partial charge in [0.2, 0.25) is 0 Å². The molecule has 0 bridgehead atoms. The highest BCUT2D eigenvalue weighted by molar-refractivity contribution is 5.90. The van der Waals surface area contributed by atoms with Crippen molar-refractivity contribution in [1.82, 2.24) is 0 Å². The minimum Gasteiger partial charge on any atom is -0.478 e. The maximum Gasteiger partial charge on any atom is 0.345 e. The zero-order valence-corrected chi connectivity index (χ0v) is 7.02. The lowest BCUT2D eigenvalue weighted by Gasteiger charge is -1.76. The minimum absolute atomic E-state index is 0.431. The second-order valence-corrected chi connectivity index (χ2v) is 1.73. The molecule has 0 amide bonds. The summed E-state index contributed by atoms with van der Waals surface area (Å²) >= 11 is 0.